The molecule has 2 aromatic carbocycles. The molecule has 0 unspecified atom stereocenters. The first-order chi connectivity index (χ1) is 13.6. The van der Waals surface area contributed by atoms with Crippen molar-refractivity contribution in [1.29, 1.82) is 0 Å². The zero-order valence-corrected chi connectivity index (χ0v) is 17.0. The lowest BCUT2D eigenvalue weighted by Gasteiger charge is -2.14. The molecule has 0 spiro atoms. The van der Waals surface area contributed by atoms with Crippen LogP contribution < -0.4 is 11.1 Å². The minimum Gasteiger partial charge on any atom is -0.480 e. The van der Waals surface area contributed by atoms with E-state index >= 15 is 0 Å². The Balaban J connectivity index is 0.00000300. The number of rotatable bonds is 10. The molecule has 7 heteroatoms. The molecule has 0 fully saturated rings. The number of fused-ring (bicyclic) bond motifs is 3. The van der Waals surface area contributed by atoms with Crippen molar-refractivity contribution in [3.05, 3.63) is 59.7 Å². The maximum absolute atomic E-state index is 12.1. The zero-order chi connectivity index (χ0) is 19.9. The van der Waals surface area contributed by atoms with E-state index in [0.717, 1.165) is 6.42 Å². The number of hydrogen-bond donors (Lipinski definition) is 3. The van der Waals surface area contributed by atoms with Gasteiger partial charge in [-0.1, -0.05) is 55.0 Å². The van der Waals surface area contributed by atoms with Crippen molar-refractivity contribution in [3.8, 4) is 11.1 Å². The molecule has 0 aliphatic heterocycles. The minimum atomic E-state index is -0.980. The summed E-state index contributed by atoms with van der Waals surface area (Å²) in [4.78, 5) is 22.7. The molecule has 0 saturated heterocycles. The third-order valence-corrected chi connectivity index (χ3v) is 5.08. The van der Waals surface area contributed by atoms with E-state index in [1.54, 1.807) is 0 Å². The minimum absolute atomic E-state index is 0. The summed E-state index contributed by atoms with van der Waals surface area (Å²) >= 11 is 0. The van der Waals surface area contributed by atoms with Gasteiger partial charge in [-0.15, -0.1) is 12.4 Å². The molecule has 1 aliphatic carbocycles. The third kappa shape index (κ3) is 5.79. The molecule has 2 aromatic rings. The van der Waals surface area contributed by atoms with E-state index in [2.05, 4.69) is 29.6 Å². The first-order valence-electron chi connectivity index (χ1n) is 9.61. The number of carbonyl (C=O) groups is 2. The highest BCUT2D eigenvalue weighted by atomic mass is 35.5. The van der Waals surface area contributed by atoms with Gasteiger partial charge in [0.25, 0.3) is 0 Å². The van der Waals surface area contributed by atoms with E-state index in [1.165, 1.54) is 22.3 Å². The highest BCUT2D eigenvalue weighted by molar-refractivity contribution is 5.85. The van der Waals surface area contributed by atoms with Crippen LogP contribution in [0.1, 0.15) is 36.3 Å². The van der Waals surface area contributed by atoms with Gasteiger partial charge in [0.2, 0.25) is 0 Å². The summed E-state index contributed by atoms with van der Waals surface area (Å²) in [6.45, 7) is 1.08. The van der Waals surface area contributed by atoms with Gasteiger partial charge >= 0.3 is 11.9 Å². The van der Waals surface area contributed by atoms with E-state index in [1.807, 2.05) is 24.3 Å². The van der Waals surface area contributed by atoms with Gasteiger partial charge in [-0.25, -0.2) is 0 Å². The molecule has 0 aromatic heterocycles. The van der Waals surface area contributed by atoms with Gasteiger partial charge < -0.3 is 20.9 Å². The summed E-state index contributed by atoms with van der Waals surface area (Å²) < 4.78 is 5.52. The number of carboxylic acid groups (broad SMARTS) is 1. The molecule has 0 bridgehead atoms. The Hall–Kier alpha value is -2.41. The van der Waals surface area contributed by atoms with E-state index in [0.29, 0.717) is 26.0 Å². The maximum Gasteiger partial charge on any atom is 0.320 e. The van der Waals surface area contributed by atoms with Crippen molar-refractivity contribution < 1.29 is 19.4 Å². The smallest absolute Gasteiger partial charge is 0.320 e. The Morgan fingerprint density at radius 3 is 2.21 bits per heavy atom. The number of nitrogens with one attached hydrogen (secondary N) is 1. The molecule has 1 aliphatic rings. The number of aliphatic carboxylic acids is 1. The number of hydrogen-bond acceptors (Lipinski definition) is 5. The highest BCUT2D eigenvalue weighted by Crippen LogP contribution is 2.44. The molecule has 1 atom stereocenters. The van der Waals surface area contributed by atoms with Crippen molar-refractivity contribution in [2.45, 2.75) is 31.2 Å². The highest BCUT2D eigenvalue weighted by Gasteiger charge is 2.28. The number of esters is 1. The first-order valence-corrected chi connectivity index (χ1v) is 9.61. The van der Waals surface area contributed by atoms with Gasteiger partial charge in [-0.05, 0) is 41.6 Å². The predicted molar refractivity (Wildman–Crippen MR) is 114 cm³/mol. The molecule has 0 amide bonds. The van der Waals surface area contributed by atoms with Crippen LogP contribution in [0.25, 0.3) is 11.1 Å². The SMILES string of the molecule is Cl.N[C@@H](CCCCNCC(=O)OCC1c2ccccc2-c2ccccc21)C(=O)O. The Labute approximate surface area is 176 Å². The number of carboxylic acids is 1. The van der Waals surface area contributed by atoms with E-state index in [-0.39, 0.29) is 30.8 Å². The number of unbranched alkanes of at least 4 members (excludes halogenated alkanes) is 1. The second kappa shape index (κ2) is 11.0. The molecule has 0 heterocycles. The number of ether oxygens (including phenoxy) is 1. The van der Waals surface area contributed by atoms with Gasteiger partial charge in [0.1, 0.15) is 12.6 Å². The quantitative estimate of drug-likeness (QED) is 0.405. The van der Waals surface area contributed by atoms with Crippen molar-refractivity contribution in [2.24, 2.45) is 5.73 Å². The van der Waals surface area contributed by atoms with Gasteiger partial charge in [0, 0.05) is 5.92 Å². The van der Waals surface area contributed by atoms with Crippen LogP contribution >= 0.6 is 12.4 Å². The zero-order valence-electron chi connectivity index (χ0n) is 16.2. The van der Waals surface area contributed by atoms with Gasteiger partial charge in [0.15, 0.2) is 0 Å². The van der Waals surface area contributed by atoms with Gasteiger partial charge in [0.05, 0.1) is 6.54 Å². The number of halogens is 1. The van der Waals surface area contributed by atoms with Crippen molar-refractivity contribution in [3.63, 3.8) is 0 Å². The summed E-state index contributed by atoms with van der Waals surface area (Å²) in [7, 11) is 0. The lowest BCUT2D eigenvalue weighted by atomic mass is 9.98. The molecule has 0 saturated carbocycles. The monoisotopic (exact) mass is 418 g/mol. The summed E-state index contributed by atoms with van der Waals surface area (Å²) in [5.41, 5.74) is 10.3. The molecular formula is C22H27ClN2O4. The lowest BCUT2D eigenvalue weighted by Crippen LogP contribution is -2.30. The Morgan fingerprint density at radius 2 is 1.62 bits per heavy atom. The van der Waals surface area contributed by atoms with Crippen LogP contribution in [0.4, 0.5) is 0 Å². The molecular weight excluding hydrogens is 392 g/mol. The van der Waals surface area contributed by atoms with Gasteiger partial charge in [-0.2, -0.15) is 0 Å². The molecule has 3 rings (SSSR count). The summed E-state index contributed by atoms with van der Waals surface area (Å²) in [5.74, 6) is -1.20. The van der Waals surface area contributed by atoms with Crippen LogP contribution in [0.2, 0.25) is 0 Å². The van der Waals surface area contributed by atoms with E-state index < -0.39 is 12.0 Å². The topological polar surface area (TPSA) is 102 Å². The maximum atomic E-state index is 12.1. The Morgan fingerprint density at radius 1 is 1.03 bits per heavy atom. The largest absolute Gasteiger partial charge is 0.480 e. The van der Waals surface area contributed by atoms with Crippen LogP contribution in [-0.4, -0.2) is 42.8 Å². The van der Waals surface area contributed by atoms with Crippen LogP contribution in [0.15, 0.2) is 48.5 Å². The van der Waals surface area contributed by atoms with Crippen molar-refractivity contribution in [1.82, 2.24) is 5.32 Å². The average molecular weight is 419 g/mol. The molecule has 4 N–H and O–H groups in total. The van der Waals surface area contributed by atoms with Crippen molar-refractivity contribution in [2.75, 3.05) is 19.7 Å². The summed E-state index contributed by atoms with van der Waals surface area (Å²) in [5, 5.41) is 11.8. The van der Waals surface area contributed by atoms with Crippen LogP contribution in [-0.2, 0) is 14.3 Å². The Bertz CT molecular complexity index is 798. The fourth-order valence-corrected chi connectivity index (χ4v) is 3.59. The standard InChI is InChI=1S/C22H26N2O4.ClH/c23-20(22(26)27)11-5-6-12-24-13-21(25)28-14-19-17-9-3-1-7-15(17)16-8-2-4-10-18(16)19;/h1-4,7-10,19-20,24H,5-6,11-14,23H2,(H,26,27);1H/t20-;/m0./s1. The average Bonchev–Trinajstić information content (AvgIpc) is 3.02. The van der Waals surface area contributed by atoms with E-state index in [9.17, 15) is 9.59 Å². The van der Waals surface area contributed by atoms with Gasteiger partial charge in [-0.3, -0.25) is 9.59 Å². The summed E-state index contributed by atoms with van der Waals surface area (Å²) in [6.07, 6.45) is 1.89. The van der Waals surface area contributed by atoms with Crippen LogP contribution in [0.3, 0.4) is 0 Å². The number of benzene rings is 2. The van der Waals surface area contributed by atoms with Crippen LogP contribution in [0, 0.1) is 0 Å². The molecule has 6 nitrogen and oxygen atoms in total. The molecule has 0 radical (unpaired) electrons. The normalized spacial score (nSPS) is 13.1. The fraction of sp³-hybridized carbons (Fsp3) is 0.364. The Kier molecular flexibility index (Phi) is 8.64. The lowest BCUT2D eigenvalue weighted by molar-refractivity contribution is -0.142. The third-order valence-electron chi connectivity index (χ3n) is 5.08. The fourth-order valence-electron chi connectivity index (χ4n) is 3.59. The number of nitrogens with two attached hydrogens (primary N) is 1. The summed E-state index contributed by atoms with van der Waals surface area (Å²) in [6, 6.07) is 15.6. The van der Waals surface area contributed by atoms with E-state index in [4.69, 9.17) is 15.6 Å². The first kappa shape index (κ1) is 22.9. The van der Waals surface area contributed by atoms with Crippen LogP contribution in [0.5, 0.6) is 0 Å². The molecule has 29 heavy (non-hydrogen) atoms. The van der Waals surface area contributed by atoms with Crippen molar-refractivity contribution >= 4 is 24.3 Å². The molecule has 156 valence electrons. The number of carbonyl (C=O) groups excluding carboxylic acids is 1. The predicted octanol–water partition coefficient (Wildman–Crippen LogP) is 2.94. The second-order valence-corrected chi connectivity index (χ2v) is 7.03. The second-order valence-electron chi connectivity index (χ2n) is 7.03.